The summed E-state index contributed by atoms with van der Waals surface area (Å²) in [4.78, 5) is 2.38. The van der Waals surface area contributed by atoms with Crippen molar-refractivity contribution in [2.75, 3.05) is 20.6 Å². The number of rotatable bonds is 5. The minimum Gasteiger partial charge on any atom is -0.312 e. The summed E-state index contributed by atoms with van der Waals surface area (Å²) in [5.74, 6) is 0.944. The van der Waals surface area contributed by atoms with Crippen molar-refractivity contribution in [3.8, 4) is 0 Å². The van der Waals surface area contributed by atoms with Crippen LogP contribution in [0.15, 0.2) is 0 Å². The first-order valence-corrected chi connectivity index (χ1v) is 6.22. The molecule has 0 aliphatic heterocycles. The van der Waals surface area contributed by atoms with Gasteiger partial charge in [0.15, 0.2) is 0 Å². The molecule has 2 heteroatoms. The van der Waals surface area contributed by atoms with E-state index in [2.05, 4.69) is 52.0 Å². The lowest BCUT2D eigenvalue weighted by Crippen LogP contribution is -2.46. The van der Waals surface area contributed by atoms with Crippen molar-refractivity contribution < 1.29 is 0 Å². The second-order valence-electron chi connectivity index (χ2n) is 6.36. The first kappa shape index (κ1) is 13.0. The molecule has 0 bridgehead atoms. The average molecular weight is 212 g/mol. The molecule has 1 saturated carbocycles. The molecule has 0 heterocycles. The average Bonchev–Trinajstić information content (AvgIpc) is 2.85. The molecule has 2 unspecified atom stereocenters. The second-order valence-corrected chi connectivity index (χ2v) is 6.36. The van der Waals surface area contributed by atoms with Gasteiger partial charge in [-0.05, 0) is 45.2 Å². The lowest BCUT2D eigenvalue weighted by molar-refractivity contribution is 0.219. The zero-order valence-corrected chi connectivity index (χ0v) is 11.3. The van der Waals surface area contributed by atoms with Gasteiger partial charge in [-0.2, -0.15) is 0 Å². The lowest BCUT2D eigenvalue weighted by atomic mass is 9.88. The van der Waals surface area contributed by atoms with E-state index in [0.29, 0.717) is 11.5 Å². The molecule has 1 aliphatic rings. The maximum atomic E-state index is 3.68. The highest BCUT2D eigenvalue weighted by Crippen LogP contribution is 2.34. The fourth-order valence-electron chi connectivity index (χ4n) is 1.86. The van der Waals surface area contributed by atoms with Crippen molar-refractivity contribution in [1.82, 2.24) is 10.2 Å². The van der Waals surface area contributed by atoms with Gasteiger partial charge in [-0.3, -0.25) is 0 Å². The molecule has 2 nitrogen and oxygen atoms in total. The van der Waals surface area contributed by atoms with Crippen LogP contribution in [-0.4, -0.2) is 37.6 Å². The van der Waals surface area contributed by atoms with Crippen molar-refractivity contribution in [3.63, 3.8) is 0 Å². The van der Waals surface area contributed by atoms with Crippen LogP contribution in [0.1, 0.15) is 40.5 Å². The van der Waals surface area contributed by atoms with Crippen LogP contribution in [0.2, 0.25) is 0 Å². The summed E-state index contributed by atoms with van der Waals surface area (Å²) in [6.45, 7) is 10.3. The quantitative estimate of drug-likeness (QED) is 0.752. The SMILES string of the molecule is CC(NCC(C1CC1)N(C)C)C(C)(C)C. The Morgan fingerprint density at radius 2 is 1.80 bits per heavy atom. The van der Waals surface area contributed by atoms with Crippen LogP contribution < -0.4 is 5.32 Å². The number of hydrogen-bond donors (Lipinski definition) is 1. The molecule has 15 heavy (non-hydrogen) atoms. The van der Waals surface area contributed by atoms with E-state index in [9.17, 15) is 0 Å². The Morgan fingerprint density at radius 1 is 1.27 bits per heavy atom. The zero-order valence-electron chi connectivity index (χ0n) is 11.3. The van der Waals surface area contributed by atoms with E-state index in [1.54, 1.807) is 0 Å². The summed E-state index contributed by atoms with van der Waals surface area (Å²) in [7, 11) is 4.40. The van der Waals surface area contributed by atoms with Gasteiger partial charge < -0.3 is 10.2 Å². The van der Waals surface area contributed by atoms with Gasteiger partial charge in [-0.15, -0.1) is 0 Å². The minimum absolute atomic E-state index is 0.362. The molecule has 0 aromatic rings. The molecular weight excluding hydrogens is 184 g/mol. The predicted octanol–water partition coefficient (Wildman–Crippen LogP) is 2.35. The van der Waals surface area contributed by atoms with E-state index >= 15 is 0 Å². The Labute approximate surface area is 95.4 Å². The normalized spacial score (nSPS) is 21.8. The third-order valence-corrected chi connectivity index (χ3v) is 3.76. The molecule has 0 amide bonds. The minimum atomic E-state index is 0.362. The van der Waals surface area contributed by atoms with E-state index in [1.807, 2.05) is 0 Å². The highest BCUT2D eigenvalue weighted by molar-refractivity contribution is 4.89. The largest absolute Gasteiger partial charge is 0.312 e. The second kappa shape index (κ2) is 4.84. The van der Waals surface area contributed by atoms with Gasteiger partial charge >= 0.3 is 0 Å². The Balaban J connectivity index is 2.33. The monoisotopic (exact) mass is 212 g/mol. The third-order valence-electron chi connectivity index (χ3n) is 3.76. The molecule has 1 rings (SSSR count). The molecule has 1 aliphatic carbocycles. The van der Waals surface area contributed by atoms with Gasteiger partial charge in [0.25, 0.3) is 0 Å². The molecule has 0 aromatic carbocycles. The number of likely N-dealkylation sites (N-methyl/N-ethyl adjacent to an activating group) is 1. The van der Waals surface area contributed by atoms with Crippen LogP contribution in [0.5, 0.6) is 0 Å². The smallest absolute Gasteiger partial charge is 0.0242 e. The van der Waals surface area contributed by atoms with E-state index in [4.69, 9.17) is 0 Å². The van der Waals surface area contributed by atoms with Gasteiger partial charge in [0, 0.05) is 18.6 Å². The van der Waals surface area contributed by atoms with Crippen LogP contribution in [0.3, 0.4) is 0 Å². The summed E-state index contributed by atoms with van der Waals surface area (Å²) in [6.07, 6.45) is 2.85. The molecule has 0 spiro atoms. The molecule has 0 aromatic heterocycles. The Hall–Kier alpha value is -0.0800. The van der Waals surface area contributed by atoms with E-state index in [1.165, 1.54) is 12.8 Å². The predicted molar refractivity (Wildman–Crippen MR) is 67.1 cm³/mol. The molecule has 2 atom stereocenters. The highest BCUT2D eigenvalue weighted by atomic mass is 15.1. The zero-order chi connectivity index (χ0) is 11.6. The lowest BCUT2D eigenvalue weighted by Gasteiger charge is -2.32. The van der Waals surface area contributed by atoms with Gasteiger partial charge in [0.1, 0.15) is 0 Å². The summed E-state index contributed by atoms with van der Waals surface area (Å²) in [6, 6.07) is 1.31. The van der Waals surface area contributed by atoms with Gasteiger partial charge in [-0.1, -0.05) is 20.8 Å². The van der Waals surface area contributed by atoms with Crippen molar-refractivity contribution in [1.29, 1.82) is 0 Å². The van der Waals surface area contributed by atoms with E-state index in [0.717, 1.165) is 18.5 Å². The van der Waals surface area contributed by atoms with Gasteiger partial charge in [0.05, 0.1) is 0 Å². The molecule has 1 N–H and O–H groups in total. The van der Waals surface area contributed by atoms with Crippen LogP contribution in [0.25, 0.3) is 0 Å². The molecule has 0 radical (unpaired) electrons. The fraction of sp³-hybridized carbons (Fsp3) is 1.00. The standard InChI is InChI=1S/C13H28N2/c1-10(13(2,3)4)14-9-12(15(5)6)11-7-8-11/h10-12,14H,7-9H2,1-6H3. The maximum absolute atomic E-state index is 3.68. The van der Waals surface area contributed by atoms with Crippen molar-refractivity contribution >= 4 is 0 Å². The Bertz CT molecular complexity index is 187. The first-order valence-electron chi connectivity index (χ1n) is 6.22. The highest BCUT2D eigenvalue weighted by Gasteiger charge is 2.33. The molecular formula is C13H28N2. The van der Waals surface area contributed by atoms with Crippen molar-refractivity contribution in [2.45, 2.75) is 52.6 Å². The first-order chi connectivity index (χ1) is 6.82. The summed E-state index contributed by atoms with van der Waals surface area (Å²) in [5.41, 5.74) is 0.362. The number of hydrogen-bond acceptors (Lipinski definition) is 2. The van der Waals surface area contributed by atoms with Gasteiger partial charge in [0.2, 0.25) is 0 Å². The van der Waals surface area contributed by atoms with E-state index < -0.39 is 0 Å². The van der Waals surface area contributed by atoms with Gasteiger partial charge in [-0.25, -0.2) is 0 Å². The fourth-order valence-corrected chi connectivity index (χ4v) is 1.86. The third kappa shape index (κ3) is 4.12. The molecule has 1 fully saturated rings. The van der Waals surface area contributed by atoms with Crippen LogP contribution in [0, 0.1) is 11.3 Å². The number of nitrogens with zero attached hydrogens (tertiary/aromatic N) is 1. The Morgan fingerprint density at radius 3 is 2.13 bits per heavy atom. The maximum Gasteiger partial charge on any atom is 0.0242 e. The topological polar surface area (TPSA) is 15.3 Å². The molecule has 90 valence electrons. The Kier molecular flexibility index (Phi) is 4.19. The van der Waals surface area contributed by atoms with Crippen molar-refractivity contribution in [2.24, 2.45) is 11.3 Å². The van der Waals surface area contributed by atoms with E-state index in [-0.39, 0.29) is 0 Å². The summed E-state index contributed by atoms with van der Waals surface area (Å²) < 4.78 is 0. The van der Waals surface area contributed by atoms with Crippen LogP contribution in [0.4, 0.5) is 0 Å². The van der Waals surface area contributed by atoms with Crippen molar-refractivity contribution in [3.05, 3.63) is 0 Å². The summed E-state index contributed by atoms with van der Waals surface area (Å²) in [5, 5.41) is 3.68. The van der Waals surface area contributed by atoms with Crippen LogP contribution >= 0.6 is 0 Å². The summed E-state index contributed by atoms with van der Waals surface area (Å²) >= 11 is 0. The van der Waals surface area contributed by atoms with Crippen LogP contribution in [-0.2, 0) is 0 Å². The molecule has 0 saturated heterocycles. The number of nitrogens with one attached hydrogen (secondary N) is 1.